The highest BCUT2D eigenvalue weighted by molar-refractivity contribution is 6.39. The van der Waals surface area contributed by atoms with Crippen LogP contribution in [0.5, 0.6) is 0 Å². The van der Waals surface area contributed by atoms with Gasteiger partial charge in [0.1, 0.15) is 5.52 Å². The van der Waals surface area contributed by atoms with Crippen molar-refractivity contribution in [3.05, 3.63) is 33.9 Å². The first-order valence-corrected chi connectivity index (χ1v) is 13.0. The number of amides is 1. The van der Waals surface area contributed by atoms with Gasteiger partial charge in [-0.1, -0.05) is 49.4 Å². The lowest BCUT2D eigenvalue weighted by atomic mass is 10.1. The van der Waals surface area contributed by atoms with Crippen LogP contribution in [0.2, 0.25) is 10.0 Å². The maximum atomic E-state index is 13.2. The van der Waals surface area contributed by atoms with Gasteiger partial charge in [0, 0.05) is 18.5 Å². The normalized spacial score (nSPS) is 15.3. The molecular weight excluding hydrogens is 530 g/mol. The number of nitrogens with zero attached hydrogens (tertiary/aromatic N) is 4. The number of fused-ring (bicyclic) bond motifs is 1. The van der Waals surface area contributed by atoms with Crippen LogP contribution in [0.4, 0.5) is 30.8 Å². The van der Waals surface area contributed by atoms with Gasteiger partial charge in [-0.05, 0) is 37.8 Å². The van der Waals surface area contributed by atoms with E-state index in [1.807, 2.05) is 11.5 Å². The van der Waals surface area contributed by atoms with Crippen LogP contribution in [-0.4, -0.2) is 31.5 Å². The Morgan fingerprint density at radius 1 is 1.19 bits per heavy atom. The highest BCUT2D eigenvalue weighted by Gasteiger charge is 2.32. The summed E-state index contributed by atoms with van der Waals surface area (Å²) < 4.78 is 41.5. The predicted octanol–water partition coefficient (Wildman–Crippen LogP) is 6.86. The number of anilines is 3. The van der Waals surface area contributed by atoms with Gasteiger partial charge >= 0.3 is 6.18 Å². The molecule has 1 fully saturated rings. The lowest BCUT2D eigenvalue weighted by Crippen LogP contribution is -2.19. The highest BCUT2D eigenvalue weighted by atomic mass is 35.5. The second-order valence-corrected chi connectivity index (χ2v) is 10.0. The Morgan fingerprint density at radius 3 is 2.46 bits per heavy atom. The summed E-state index contributed by atoms with van der Waals surface area (Å²) in [7, 11) is 0. The van der Waals surface area contributed by atoms with Gasteiger partial charge in [0.2, 0.25) is 17.8 Å². The fourth-order valence-corrected chi connectivity index (χ4v) is 5.24. The summed E-state index contributed by atoms with van der Waals surface area (Å²) in [6, 6.07) is 1.68. The number of imidazole rings is 1. The Kier molecular flexibility index (Phi) is 8.33. The molecule has 0 radical (unpaired) electrons. The summed E-state index contributed by atoms with van der Waals surface area (Å²) >= 11 is 12.4. The van der Waals surface area contributed by atoms with Crippen LogP contribution < -0.4 is 16.4 Å². The van der Waals surface area contributed by atoms with E-state index in [-0.39, 0.29) is 40.2 Å². The van der Waals surface area contributed by atoms with Crippen LogP contribution in [0.3, 0.4) is 0 Å². The second kappa shape index (κ2) is 11.3. The van der Waals surface area contributed by atoms with Gasteiger partial charge in [0.25, 0.3) is 0 Å². The third-order valence-electron chi connectivity index (χ3n) is 6.44. The quantitative estimate of drug-likeness (QED) is 0.251. The minimum atomic E-state index is -4.60. The van der Waals surface area contributed by atoms with Crippen LogP contribution in [0.15, 0.2) is 18.3 Å². The molecule has 13 heteroatoms. The van der Waals surface area contributed by atoms with Crippen molar-refractivity contribution in [2.75, 3.05) is 10.6 Å². The van der Waals surface area contributed by atoms with E-state index >= 15 is 0 Å². The van der Waals surface area contributed by atoms with E-state index in [4.69, 9.17) is 33.9 Å². The maximum absolute atomic E-state index is 13.2. The number of nitrogens with two attached hydrogens (primary N) is 1. The van der Waals surface area contributed by atoms with Crippen LogP contribution >= 0.6 is 23.2 Å². The SMILES string of the molecule is CCC[C@@H](CCC(N)=O)n1c(Nc2c(Cl)cc(C(F)(F)F)cc2Cl)nc2cnc(NC3CCCC3)nc21. The Labute approximate surface area is 222 Å². The summed E-state index contributed by atoms with van der Waals surface area (Å²) in [6.07, 6.45) is 3.40. The molecule has 3 aromatic rings. The first-order chi connectivity index (χ1) is 17.6. The first kappa shape index (κ1) is 27.3. The third-order valence-corrected chi connectivity index (χ3v) is 7.03. The molecule has 1 aliphatic rings. The Balaban J connectivity index is 1.79. The maximum Gasteiger partial charge on any atom is 0.416 e. The van der Waals surface area contributed by atoms with E-state index in [1.54, 1.807) is 6.20 Å². The van der Waals surface area contributed by atoms with Crippen molar-refractivity contribution in [3.63, 3.8) is 0 Å². The van der Waals surface area contributed by atoms with Gasteiger partial charge in [0.15, 0.2) is 5.65 Å². The average Bonchev–Trinajstić information content (AvgIpc) is 3.45. The van der Waals surface area contributed by atoms with Crippen molar-refractivity contribution in [1.82, 2.24) is 19.5 Å². The second-order valence-electron chi connectivity index (χ2n) is 9.22. The lowest BCUT2D eigenvalue weighted by Gasteiger charge is -2.22. The molecule has 4 rings (SSSR count). The van der Waals surface area contributed by atoms with Crippen molar-refractivity contribution in [3.8, 4) is 0 Å². The van der Waals surface area contributed by atoms with Gasteiger partial charge in [-0.2, -0.15) is 18.2 Å². The fourth-order valence-electron chi connectivity index (χ4n) is 4.66. The highest BCUT2D eigenvalue weighted by Crippen LogP contribution is 2.40. The molecule has 0 bridgehead atoms. The molecule has 1 atom stereocenters. The number of hydrogen-bond acceptors (Lipinski definition) is 6. The summed E-state index contributed by atoms with van der Waals surface area (Å²) in [5.74, 6) is 0.295. The molecule has 0 unspecified atom stereocenters. The van der Waals surface area contributed by atoms with Crippen molar-refractivity contribution in [2.24, 2.45) is 5.73 Å². The monoisotopic (exact) mass is 557 g/mol. The molecule has 2 heterocycles. The van der Waals surface area contributed by atoms with Crippen molar-refractivity contribution in [1.29, 1.82) is 0 Å². The number of aromatic nitrogens is 4. The van der Waals surface area contributed by atoms with Crippen molar-refractivity contribution < 1.29 is 18.0 Å². The number of carbonyl (C=O) groups excluding carboxylic acids is 1. The summed E-state index contributed by atoms with van der Waals surface area (Å²) in [5, 5.41) is 5.96. The molecule has 8 nitrogen and oxygen atoms in total. The van der Waals surface area contributed by atoms with E-state index in [2.05, 4.69) is 20.6 Å². The number of primary amides is 1. The van der Waals surface area contributed by atoms with E-state index in [0.717, 1.165) is 44.2 Å². The average molecular weight is 558 g/mol. The molecule has 200 valence electrons. The number of nitrogens with one attached hydrogen (secondary N) is 2. The number of halogens is 5. The van der Waals surface area contributed by atoms with Gasteiger partial charge in [-0.25, -0.2) is 9.97 Å². The fraction of sp³-hybridized carbons (Fsp3) is 0.500. The zero-order valence-corrected chi connectivity index (χ0v) is 21.7. The molecule has 0 spiro atoms. The smallest absolute Gasteiger partial charge is 0.370 e. The van der Waals surface area contributed by atoms with E-state index in [1.165, 1.54) is 0 Å². The molecule has 0 aliphatic heterocycles. The molecular formula is C24H28Cl2F3N7O. The minimum absolute atomic E-state index is 0.0790. The first-order valence-electron chi connectivity index (χ1n) is 12.2. The molecule has 1 amide bonds. The number of benzene rings is 1. The largest absolute Gasteiger partial charge is 0.416 e. The van der Waals surface area contributed by atoms with Gasteiger partial charge in [-0.15, -0.1) is 0 Å². The van der Waals surface area contributed by atoms with Crippen molar-refractivity contribution in [2.45, 2.75) is 76.6 Å². The molecule has 2 aromatic heterocycles. The topological polar surface area (TPSA) is 111 Å². The summed E-state index contributed by atoms with van der Waals surface area (Å²) in [4.78, 5) is 25.3. The molecule has 1 aliphatic carbocycles. The number of alkyl halides is 3. The number of carbonyl (C=O) groups is 1. The van der Waals surface area contributed by atoms with E-state index < -0.39 is 17.6 Å². The third kappa shape index (κ3) is 6.38. The van der Waals surface area contributed by atoms with Gasteiger partial charge in [0.05, 0.1) is 27.5 Å². The number of rotatable bonds is 10. The zero-order chi connectivity index (χ0) is 26.7. The van der Waals surface area contributed by atoms with Crippen LogP contribution in [0.1, 0.15) is 69.9 Å². The Hall–Kier alpha value is -2.79. The summed E-state index contributed by atoms with van der Waals surface area (Å²) in [5.41, 5.74) is 5.53. The molecule has 4 N–H and O–H groups in total. The van der Waals surface area contributed by atoms with Gasteiger partial charge in [-0.3, -0.25) is 9.36 Å². The molecule has 1 saturated carbocycles. The van der Waals surface area contributed by atoms with E-state index in [0.29, 0.717) is 30.0 Å². The van der Waals surface area contributed by atoms with Crippen LogP contribution in [-0.2, 0) is 11.0 Å². The van der Waals surface area contributed by atoms with Gasteiger partial charge < -0.3 is 16.4 Å². The Morgan fingerprint density at radius 2 is 1.86 bits per heavy atom. The zero-order valence-electron chi connectivity index (χ0n) is 20.2. The molecule has 37 heavy (non-hydrogen) atoms. The van der Waals surface area contributed by atoms with Crippen LogP contribution in [0.25, 0.3) is 11.2 Å². The van der Waals surface area contributed by atoms with Crippen molar-refractivity contribution >= 4 is 57.9 Å². The molecule has 0 saturated heterocycles. The minimum Gasteiger partial charge on any atom is -0.370 e. The summed E-state index contributed by atoms with van der Waals surface area (Å²) in [6.45, 7) is 2.01. The van der Waals surface area contributed by atoms with Crippen LogP contribution in [0, 0.1) is 0 Å². The molecule has 1 aromatic carbocycles. The predicted molar refractivity (Wildman–Crippen MR) is 138 cm³/mol. The van der Waals surface area contributed by atoms with E-state index in [9.17, 15) is 18.0 Å². The standard InChI is InChI=1S/C24H28Cl2F3N7O/c1-2-5-15(8-9-19(30)37)36-21-18(12-31-22(35-21)32-14-6-3-4-7-14)33-23(36)34-20-16(25)10-13(11-17(20)26)24(27,28)29/h10-12,14-15H,2-9H2,1H3,(H2,30,37)(H,33,34)(H,31,32,35)/t15-/m0/s1. The number of hydrogen-bond donors (Lipinski definition) is 3. The Bertz CT molecular complexity index is 1250. The lowest BCUT2D eigenvalue weighted by molar-refractivity contribution is -0.137.